The van der Waals surface area contributed by atoms with Crippen LogP contribution in [0.15, 0.2) is 66.2 Å². The van der Waals surface area contributed by atoms with Gasteiger partial charge in [-0.3, -0.25) is 9.59 Å². The van der Waals surface area contributed by atoms with Crippen molar-refractivity contribution in [1.29, 1.82) is 0 Å². The van der Waals surface area contributed by atoms with Crippen molar-refractivity contribution < 1.29 is 194 Å². The molecule has 39 nitrogen and oxygen atoms in total. The largest absolute Gasteiger partial charge is 0.504 e. The molecular weight excluding hydrogens is 1660 g/mol. The van der Waals surface area contributed by atoms with Gasteiger partial charge in [-0.15, -0.1) is 0 Å². The van der Waals surface area contributed by atoms with Crippen molar-refractivity contribution in [3.63, 3.8) is 0 Å². The Morgan fingerprint density at radius 1 is 0.504 bits per heavy atom. The number of carbonyl (C=O) groups excluding carboxylic acids is 7. The molecule has 3 aliphatic heterocycles. The summed E-state index contributed by atoms with van der Waals surface area (Å²) in [6, 6.07) is 5.63. The van der Waals surface area contributed by atoms with Gasteiger partial charge in [0.15, 0.2) is 117 Å². The van der Waals surface area contributed by atoms with Gasteiger partial charge in [0.25, 0.3) is 0 Å². The van der Waals surface area contributed by atoms with E-state index in [2.05, 4.69) is 61.5 Å². The highest BCUT2D eigenvalue weighted by molar-refractivity contribution is 6.09. The van der Waals surface area contributed by atoms with Gasteiger partial charge in [0.05, 0.1) is 51.0 Å². The predicted octanol–water partition coefficient (Wildman–Crippen LogP) is 6.78. The first-order chi connectivity index (χ1) is 58.3. The minimum atomic E-state index is -2.52. The third kappa shape index (κ3) is 14.9. The molecule has 5 aliphatic carbocycles. The van der Waals surface area contributed by atoms with E-state index in [9.17, 15) is 151 Å². The zero-order valence-electron chi connectivity index (χ0n) is 68.4. The standard InChI is InChI=1S/C44H64O13.C42H32O26/c1-21-11-14-44(38(54)57-37-33(51)32(50)31(49)27(56-37)20-55-36(53)22-17-24(45)30(48)25(46)18-22)16-15-42(7)23(34(44)39(21,2)3)9-10-29-41(6)19-26(47)35(52)40(4,5)28(41)12-13-43(29,42)8;1-10(43)13-6-20(48)29(53)33(57)34(13)64-22-8-15-25(32(56)30(22)54)24-14(7-21(49)28(52)31(24)55)41(61)66-35-23(9-63-40(15)60)65-42(62)37(68-39(59)12-4-18(46)27(51)19(47)5-12)36(35)67-38(58)11-2-16(44)26(50)17(45)3-11/h9,17-18,21,26-29,31-35,37,45-52H,10-16,19-20H2,1-8H3;2-8,23,35-37,42,44-57,62H,9H2,1H3/t21-,26-,27+,28+,29-,31+,32-,33+,34-,35+,37-,41+,42-,43-,44+;23?,35-,36+,37?,42?/m11/s1. The smallest absolute Gasteiger partial charge is 0.339 e. The summed E-state index contributed by atoms with van der Waals surface area (Å²) in [5, 5.41) is 242. The number of phenols is 17. The van der Waals surface area contributed by atoms with E-state index >= 15 is 0 Å². The molecule has 3 heterocycles. The monoisotopic (exact) mass is 1750 g/mol. The maximum Gasteiger partial charge on any atom is 0.339 e. The first-order valence-electron chi connectivity index (χ1n) is 39.7. The number of phenolic OH excluding ortho intramolecular Hbond substituents is 17. The number of aromatic hydroxyl groups is 17. The van der Waals surface area contributed by atoms with E-state index in [1.54, 1.807) is 0 Å². The molecule has 0 radical (unpaired) electrons. The van der Waals surface area contributed by atoms with Gasteiger partial charge >= 0.3 is 35.8 Å². The van der Waals surface area contributed by atoms with E-state index in [1.807, 2.05) is 0 Å². The molecule has 674 valence electrons. The van der Waals surface area contributed by atoms with Crippen LogP contribution < -0.4 is 4.74 Å². The first kappa shape index (κ1) is 90.4. The molecule has 0 bridgehead atoms. The number of carbonyl (C=O) groups is 7. The van der Waals surface area contributed by atoms with Crippen LogP contribution in [0.5, 0.6) is 109 Å². The Morgan fingerprint density at radius 2 is 1.02 bits per heavy atom. The van der Waals surface area contributed by atoms with Crippen molar-refractivity contribution in [3.8, 4) is 120 Å². The molecule has 4 saturated carbocycles. The molecule has 6 fully saturated rings. The number of hydrogen-bond donors (Lipinski definition) is 23. The second kappa shape index (κ2) is 32.3. The van der Waals surface area contributed by atoms with Crippen LogP contribution in [0.4, 0.5) is 0 Å². The summed E-state index contributed by atoms with van der Waals surface area (Å²) in [4.78, 5) is 95.9. The second-order valence-electron chi connectivity index (χ2n) is 35.2. The van der Waals surface area contributed by atoms with Crippen molar-refractivity contribution in [2.24, 2.45) is 56.2 Å². The molecule has 3 unspecified atom stereocenters. The fourth-order valence-corrected chi connectivity index (χ4v) is 20.6. The van der Waals surface area contributed by atoms with E-state index in [0.29, 0.717) is 68.1 Å². The number of hydrogen-bond acceptors (Lipinski definition) is 39. The maximum atomic E-state index is 14.9. The number of allylic oxidation sites excluding steroid dienone is 2. The number of rotatable bonds is 12. The number of fused-ring (bicyclic) bond motifs is 11. The summed E-state index contributed by atoms with van der Waals surface area (Å²) >= 11 is 0. The van der Waals surface area contributed by atoms with Gasteiger partial charge in [-0.05, 0) is 152 Å². The zero-order chi connectivity index (χ0) is 92.0. The number of ketones is 1. The number of esters is 6. The first-order valence-corrected chi connectivity index (χ1v) is 39.7. The number of ether oxygens (including phenoxy) is 9. The molecule has 0 aromatic heterocycles. The Hall–Kier alpha value is -12.4. The second-order valence-corrected chi connectivity index (χ2v) is 35.2. The number of Topliss-reactive ketones (excluding diaryl/α,β-unsaturated/α-hetero) is 1. The van der Waals surface area contributed by atoms with Gasteiger partial charge in [0.1, 0.15) is 43.7 Å². The normalized spacial score (nSPS) is 31.2. The number of benzene rings is 6. The molecule has 2 saturated heterocycles. The van der Waals surface area contributed by atoms with Gasteiger partial charge in [0, 0.05) is 23.1 Å². The zero-order valence-corrected chi connectivity index (χ0v) is 68.4. The molecule has 14 rings (SSSR count). The summed E-state index contributed by atoms with van der Waals surface area (Å²) in [6.07, 6.45) is -13.6. The summed E-state index contributed by atoms with van der Waals surface area (Å²) in [7, 11) is 0. The Labute approximate surface area is 709 Å². The highest BCUT2D eigenvalue weighted by Gasteiger charge is 2.72. The Morgan fingerprint density at radius 3 is 1.58 bits per heavy atom. The molecule has 8 aliphatic rings. The number of aliphatic hydroxyl groups is 6. The molecule has 0 amide bonds. The van der Waals surface area contributed by atoms with Crippen LogP contribution in [0.1, 0.15) is 176 Å². The number of cyclic esters (lactones) is 1. The Balaban J connectivity index is 0.000000218. The lowest BCUT2D eigenvalue weighted by Gasteiger charge is -2.72. The van der Waals surface area contributed by atoms with Crippen molar-refractivity contribution >= 4 is 41.6 Å². The Bertz CT molecular complexity index is 5370. The molecule has 39 heteroatoms. The molecule has 6 aromatic carbocycles. The van der Waals surface area contributed by atoms with Crippen molar-refractivity contribution in [1.82, 2.24) is 0 Å². The average Bonchev–Trinajstić information content (AvgIpc) is 0.702. The summed E-state index contributed by atoms with van der Waals surface area (Å²) in [5.74, 6) is -30.1. The summed E-state index contributed by atoms with van der Waals surface area (Å²) < 4.78 is 50.1. The average molecular weight is 1750 g/mol. The van der Waals surface area contributed by atoms with Crippen LogP contribution in [-0.2, 0) is 42.7 Å². The van der Waals surface area contributed by atoms with Crippen LogP contribution in [0.3, 0.4) is 0 Å². The van der Waals surface area contributed by atoms with Gasteiger partial charge in [-0.2, -0.15) is 0 Å². The molecular formula is C86H96O39. The highest BCUT2D eigenvalue weighted by atomic mass is 16.7. The van der Waals surface area contributed by atoms with Gasteiger partial charge < -0.3 is 160 Å². The quantitative estimate of drug-likeness (QED) is 0.0197. The molecule has 23 N–H and O–H groups in total. The number of aliphatic hydroxyl groups excluding tert-OH is 6. The Kier molecular flexibility index (Phi) is 23.4. The van der Waals surface area contributed by atoms with E-state index in [-0.39, 0.29) is 50.9 Å². The van der Waals surface area contributed by atoms with Crippen LogP contribution in [0.25, 0.3) is 11.1 Å². The van der Waals surface area contributed by atoms with Gasteiger partial charge in [-0.25, -0.2) is 24.0 Å². The third-order valence-electron chi connectivity index (χ3n) is 27.7. The molecule has 20 atom stereocenters. The minimum Gasteiger partial charge on any atom is -0.504 e. The van der Waals surface area contributed by atoms with E-state index < -0.39 is 287 Å². The van der Waals surface area contributed by atoms with Crippen LogP contribution in [-0.4, -0.2) is 246 Å². The predicted molar refractivity (Wildman–Crippen MR) is 419 cm³/mol. The van der Waals surface area contributed by atoms with E-state index in [4.69, 9.17) is 42.6 Å². The van der Waals surface area contributed by atoms with Gasteiger partial charge in [-0.1, -0.05) is 67.0 Å². The fourth-order valence-electron chi connectivity index (χ4n) is 20.6. The van der Waals surface area contributed by atoms with Crippen LogP contribution in [0, 0.1) is 56.2 Å². The van der Waals surface area contributed by atoms with Crippen molar-refractivity contribution in [2.45, 2.75) is 187 Å². The third-order valence-corrected chi connectivity index (χ3v) is 27.7. The van der Waals surface area contributed by atoms with E-state index in [0.717, 1.165) is 44.7 Å². The van der Waals surface area contributed by atoms with E-state index in [1.165, 1.54) is 5.57 Å². The SMILES string of the molecule is CC(=O)c1cc(O)c(O)c(O)c1Oc1cc2c(c(O)c1O)-c1c(cc(O)c(O)c1O)C(=O)O[C@@H]1C(COC2=O)OC(O)C(OC(=O)c2cc(O)c(O)c(O)c2)[C@H]1OC(=O)c1cc(O)c(O)c(O)c1.C[C@@H]1CC[C@]2(C(=O)O[C@H]3O[C@@H](COC(=O)c4cc(O)c(O)c(O)c4)[C@H](O)[C@@H](O)[C@@H]3O)CC[C@]3(C)C(=CC[C@@H]4[C@@]5(C)C[C@@H](O)[C@H](O)C(C)(C)[C@@H]5CC[C@]43C)[C@@H]2C1(C)C. The molecule has 0 spiro atoms. The summed E-state index contributed by atoms with van der Waals surface area (Å²) in [5.41, 5.74) is -7.99. The van der Waals surface area contributed by atoms with Crippen molar-refractivity contribution in [2.75, 3.05) is 13.2 Å². The fraction of sp³-hybridized carbons (Fsp3) is 0.477. The van der Waals surface area contributed by atoms with Gasteiger partial charge in [0.2, 0.25) is 29.3 Å². The lowest BCUT2D eigenvalue weighted by molar-refractivity contribution is -0.298. The minimum absolute atomic E-state index is 0.154. The molecule has 125 heavy (non-hydrogen) atoms. The van der Waals surface area contributed by atoms with Crippen molar-refractivity contribution in [3.05, 3.63) is 99.6 Å². The molecule has 6 aromatic rings. The highest BCUT2D eigenvalue weighted by Crippen LogP contribution is 2.77. The maximum absolute atomic E-state index is 14.9. The lowest BCUT2D eigenvalue weighted by atomic mass is 9.32. The van der Waals surface area contributed by atoms with Crippen LogP contribution in [0.2, 0.25) is 0 Å². The topological polar surface area (TPSA) is 668 Å². The lowest BCUT2D eigenvalue weighted by Crippen LogP contribution is -2.68. The van der Waals surface area contributed by atoms with Crippen LogP contribution >= 0.6 is 0 Å². The summed E-state index contributed by atoms with van der Waals surface area (Å²) in [6.45, 7) is 17.1.